The van der Waals surface area contributed by atoms with Gasteiger partial charge in [0, 0.05) is 31.8 Å². The second-order valence-electron chi connectivity index (χ2n) is 7.31. The van der Waals surface area contributed by atoms with Crippen molar-refractivity contribution in [2.45, 2.75) is 25.0 Å². The molecule has 2 fully saturated rings. The van der Waals surface area contributed by atoms with Gasteiger partial charge in [0.2, 0.25) is 0 Å². The number of ether oxygens (including phenoxy) is 3. The van der Waals surface area contributed by atoms with E-state index in [1.54, 1.807) is 29.0 Å². The Morgan fingerprint density at radius 3 is 2.86 bits per heavy atom. The van der Waals surface area contributed by atoms with Crippen molar-refractivity contribution in [3.63, 3.8) is 0 Å². The van der Waals surface area contributed by atoms with E-state index in [9.17, 15) is 9.59 Å². The van der Waals surface area contributed by atoms with E-state index < -0.39 is 5.97 Å². The molecule has 2 unspecified atom stereocenters. The molecule has 0 radical (unpaired) electrons. The lowest BCUT2D eigenvalue weighted by Crippen LogP contribution is -2.49. The molecule has 0 saturated carbocycles. The summed E-state index contributed by atoms with van der Waals surface area (Å²) in [7, 11) is 1.73. The molecule has 8 nitrogen and oxygen atoms in total. The minimum Gasteiger partial charge on any atom is -0.491 e. The van der Waals surface area contributed by atoms with Crippen molar-refractivity contribution < 1.29 is 28.9 Å². The van der Waals surface area contributed by atoms with Gasteiger partial charge < -0.3 is 24.2 Å². The number of carbonyl (C=O) groups excluding carboxylic acids is 1. The third-order valence-corrected chi connectivity index (χ3v) is 4.89. The number of hydrogen-bond acceptors (Lipinski definition) is 6. The largest absolute Gasteiger partial charge is 0.491 e. The number of hydrogen-bond donors (Lipinski definition) is 1. The van der Waals surface area contributed by atoms with Crippen molar-refractivity contribution in [2.75, 3.05) is 53.0 Å². The zero-order chi connectivity index (χ0) is 19.9. The molecule has 28 heavy (non-hydrogen) atoms. The molecule has 154 valence electrons. The van der Waals surface area contributed by atoms with E-state index >= 15 is 0 Å². The Hall–Kier alpha value is -2.16. The fourth-order valence-electron chi connectivity index (χ4n) is 3.52. The van der Waals surface area contributed by atoms with Gasteiger partial charge in [-0.05, 0) is 38.1 Å². The van der Waals surface area contributed by atoms with E-state index in [1.165, 1.54) is 0 Å². The van der Waals surface area contributed by atoms with Crippen molar-refractivity contribution in [1.29, 1.82) is 0 Å². The number of benzene rings is 1. The van der Waals surface area contributed by atoms with Crippen LogP contribution in [0.25, 0.3) is 0 Å². The Kier molecular flexibility index (Phi) is 7.24. The topological polar surface area (TPSA) is 88.5 Å². The van der Waals surface area contributed by atoms with E-state index in [2.05, 4.69) is 0 Å². The lowest BCUT2D eigenvalue weighted by Gasteiger charge is -2.34. The first-order valence-corrected chi connectivity index (χ1v) is 9.67. The number of nitrogens with zero attached hydrogens (tertiary/aromatic N) is 2. The summed E-state index contributed by atoms with van der Waals surface area (Å²) in [6, 6.07) is 7.20. The Morgan fingerprint density at radius 1 is 1.29 bits per heavy atom. The number of carboxylic acid groups (broad SMARTS) is 1. The molecule has 0 bridgehead atoms. The van der Waals surface area contributed by atoms with E-state index in [0.717, 1.165) is 19.4 Å². The van der Waals surface area contributed by atoms with E-state index in [0.29, 0.717) is 44.2 Å². The average molecular weight is 392 g/mol. The van der Waals surface area contributed by atoms with Crippen LogP contribution >= 0.6 is 0 Å². The molecule has 0 aliphatic carbocycles. The fraction of sp³-hybridized carbons (Fsp3) is 0.600. The number of likely N-dealkylation sites (N-methyl/N-ethyl adjacent to an activating group) is 1. The summed E-state index contributed by atoms with van der Waals surface area (Å²) in [6.45, 7) is 3.06. The molecule has 1 aromatic carbocycles. The lowest BCUT2D eigenvalue weighted by atomic mass is 10.1. The van der Waals surface area contributed by atoms with E-state index in [1.807, 2.05) is 12.1 Å². The van der Waals surface area contributed by atoms with Gasteiger partial charge in [-0.2, -0.15) is 0 Å². The minimum absolute atomic E-state index is 0.0576. The van der Waals surface area contributed by atoms with Crippen LogP contribution in [0.15, 0.2) is 24.3 Å². The molecular weight excluding hydrogens is 364 g/mol. The van der Waals surface area contributed by atoms with Crippen LogP contribution in [0, 0.1) is 0 Å². The Morgan fingerprint density at radius 2 is 2.11 bits per heavy atom. The van der Waals surface area contributed by atoms with Crippen LogP contribution in [0.1, 0.15) is 23.2 Å². The summed E-state index contributed by atoms with van der Waals surface area (Å²) in [5, 5.41) is 8.87. The fourth-order valence-corrected chi connectivity index (χ4v) is 3.52. The van der Waals surface area contributed by atoms with Gasteiger partial charge in [-0.25, -0.2) is 0 Å². The summed E-state index contributed by atoms with van der Waals surface area (Å²) >= 11 is 0. The lowest BCUT2D eigenvalue weighted by molar-refractivity contribution is -0.138. The van der Waals surface area contributed by atoms with Gasteiger partial charge in [-0.3, -0.25) is 14.5 Å². The quantitative estimate of drug-likeness (QED) is 0.709. The molecule has 1 N–H and O–H groups in total. The molecule has 2 heterocycles. The molecule has 2 aliphatic rings. The van der Waals surface area contributed by atoms with Crippen LogP contribution in [-0.4, -0.2) is 92.0 Å². The number of carbonyl (C=O) groups is 2. The molecule has 3 rings (SSSR count). The zero-order valence-corrected chi connectivity index (χ0v) is 16.2. The van der Waals surface area contributed by atoms with Crippen LogP contribution in [0.5, 0.6) is 5.75 Å². The summed E-state index contributed by atoms with van der Waals surface area (Å²) in [5.41, 5.74) is 0.574. The number of rotatable bonds is 8. The molecule has 1 amide bonds. The molecule has 2 saturated heterocycles. The van der Waals surface area contributed by atoms with Crippen LogP contribution < -0.4 is 4.74 Å². The first-order valence-electron chi connectivity index (χ1n) is 9.67. The monoisotopic (exact) mass is 392 g/mol. The van der Waals surface area contributed by atoms with Gasteiger partial charge in [0.15, 0.2) is 0 Å². The van der Waals surface area contributed by atoms with Gasteiger partial charge in [0.05, 0.1) is 25.4 Å². The van der Waals surface area contributed by atoms with Gasteiger partial charge in [0.1, 0.15) is 12.4 Å². The van der Waals surface area contributed by atoms with Crippen LogP contribution in [-0.2, 0) is 14.3 Å². The van der Waals surface area contributed by atoms with Gasteiger partial charge in [-0.1, -0.05) is 6.07 Å². The molecule has 8 heteroatoms. The molecule has 1 aromatic rings. The van der Waals surface area contributed by atoms with Gasteiger partial charge in [0.25, 0.3) is 5.91 Å². The van der Waals surface area contributed by atoms with Crippen molar-refractivity contribution in [1.82, 2.24) is 9.80 Å². The highest BCUT2D eigenvalue weighted by Gasteiger charge is 2.26. The number of amides is 1. The highest BCUT2D eigenvalue weighted by Crippen LogP contribution is 2.19. The van der Waals surface area contributed by atoms with Crippen molar-refractivity contribution in [2.24, 2.45) is 0 Å². The second-order valence-corrected chi connectivity index (χ2v) is 7.31. The standard InChI is InChI=1S/C20H28N2O6/c1-21(13-19(23)24)11-18-12-22(7-9-27-18)20(25)15-4-2-5-16(10-15)28-14-17-6-3-8-26-17/h2,4-5,10,17-18H,3,6-9,11-14H2,1H3,(H,23,24). The van der Waals surface area contributed by atoms with E-state index in [4.69, 9.17) is 19.3 Å². The molecule has 2 aliphatic heterocycles. The molecule has 2 atom stereocenters. The predicted octanol–water partition coefficient (Wildman–Crippen LogP) is 1.10. The normalized spacial score (nSPS) is 22.4. The SMILES string of the molecule is CN(CC(=O)O)CC1CN(C(=O)c2cccc(OCC3CCCO3)c2)CCO1. The smallest absolute Gasteiger partial charge is 0.317 e. The Labute approximate surface area is 165 Å². The number of carboxylic acids is 1. The summed E-state index contributed by atoms with van der Waals surface area (Å²) < 4.78 is 17.1. The number of morpholine rings is 1. The summed E-state index contributed by atoms with van der Waals surface area (Å²) in [5.74, 6) is -0.296. The van der Waals surface area contributed by atoms with Crippen molar-refractivity contribution in [3.8, 4) is 5.75 Å². The molecule has 0 aromatic heterocycles. The van der Waals surface area contributed by atoms with Crippen LogP contribution in [0.3, 0.4) is 0 Å². The minimum atomic E-state index is -0.883. The van der Waals surface area contributed by atoms with Crippen molar-refractivity contribution in [3.05, 3.63) is 29.8 Å². The van der Waals surface area contributed by atoms with Gasteiger partial charge in [-0.15, -0.1) is 0 Å². The average Bonchev–Trinajstić information content (AvgIpc) is 3.19. The predicted molar refractivity (Wildman–Crippen MR) is 102 cm³/mol. The maximum absolute atomic E-state index is 12.9. The first kappa shape index (κ1) is 20.6. The summed E-state index contributed by atoms with van der Waals surface area (Å²) in [6.07, 6.45) is 1.99. The third-order valence-electron chi connectivity index (χ3n) is 4.89. The molecule has 0 spiro atoms. The van der Waals surface area contributed by atoms with E-state index in [-0.39, 0.29) is 24.7 Å². The van der Waals surface area contributed by atoms with Gasteiger partial charge >= 0.3 is 5.97 Å². The van der Waals surface area contributed by atoms with Crippen molar-refractivity contribution >= 4 is 11.9 Å². The zero-order valence-electron chi connectivity index (χ0n) is 16.2. The maximum atomic E-state index is 12.9. The second kappa shape index (κ2) is 9.86. The highest BCUT2D eigenvalue weighted by atomic mass is 16.5. The first-order chi connectivity index (χ1) is 13.5. The Balaban J connectivity index is 1.55. The van der Waals surface area contributed by atoms with Crippen LogP contribution in [0.2, 0.25) is 0 Å². The third kappa shape index (κ3) is 5.92. The Bertz CT molecular complexity index is 676. The highest BCUT2D eigenvalue weighted by molar-refractivity contribution is 5.94. The number of aliphatic carboxylic acids is 1. The van der Waals surface area contributed by atoms with Crippen LogP contribution in [0.4, 0.5) is 0 Å². The molecular formula is C20H28N2O6. The summed E-state index contributed by atoms with van der Waals surface area (Å²) in [4.78, 5) is 27.1. The maximum Gasteiger partial charge on any atom is 0.317 e.